The molecule has 2 heterocycles. The Labute approximate surface area is 802 Å². The summed E-state index contributed by atoms with van der Waals surface area (Å²) in [6.07, 6.45) is 0. The second-order valence-electron chi connectivity index (χ2n) is 35.3. The average Bonchev–Trinajstić information content (AvgIpc) is 0.714. The lowest BCUT2D eigenvalue weighted by atomic mass is 9.88. The highest BCUT2D eigenvalue weighted by Crippen LogP contribution is 2.57. The molecule has 138 heavy (non-hydrogen) atoms. The lowest BCUT2D eigenvalue weighted by Gasteiger charge is -2.29. The van der Waals surface area contributed by atoms with Gasteiger partial charge in [-0.25, -0.2) is 0 Å². The van der Waals surface area contributed by atoms with Crippen LogP contribution in [0.1, 0.15) is 0 Å². The second-order valence-corrected chi connectivity index (χ2v) is 35.3. The molecule has 24 aromatic rings. The van der Waals surface area contributed by atoms with Crippen molar-refractivity contribution in [3.63, 3.8) is 0 Å². The van der Waals surface area contributed by atoms with Crippen molar-refractivity contribution in [2.45, 2.75) is 0 Å². The minimum Gasteiger partial charge on any atom is -0.456 e. The van der Waals surface area contributed by atoms with Crippen LogP contribution in [0, 0.1) is 0 Å². The number of hydrogen-bond acceptors (Lipinski definition) is 6. The van der Waals surface area contributed by atoms with Gasteiger partial charge in [0.1, 0.15) is 23.0 Å². The third-order valence-corrected chi connectivity index (χ3v) is 27.3. The van der Waals surface area contributed by atoms with Crippen LogP contribution in [0.3, 0.4) is 0 Å². The van der Waals surface area contributed by atoms with Gasteiger partial charge in [-0.2, -0.15) is 0 Å². The number of anilines is 12. The zero-order chi connectivity index (χ0) is 91.4. The molecule has 0 unspecified atom stereocenters. The number of rotatable bonds is 18. The first-order valence-corrected chi connectivity index (χ1v) is 47.1. The highest BCUT2D eigenvalue weighted by atomic mass is 16.5. The lowest BCUT2D eigenvalue weighted by molar-refractivity contribution is 0.487. The molecule has 0 atom stereocenters. The van der Waals surface area contributed by atoms with Crippen LogP contribution in [0.15, 0.2) is 534 Å². The first-order valence-electron chi connectivity index (χ1n) is 47.1. The molecule has 0 aromatic heterocycles. The van der Waals surface area contributed by atoms with Gasteiger partial charge in [0.05, 0.1) is 11.4 Å². The van der Waals surface area contributed by atoms with Gasteiger partial charge in [-0.15, -0.1) is 0 Å². The van der Waals surface area contributed by atoms with E-state index in [1.807, 2.05) is 0 Å². The van der Waals surface area contributed by atoms with Gasteiger partial charge in [-0.1, -0.05) is 364 Å². The Hall–Kier alpha value is -18.4. The topological polar surface area (TPSA) is 31.4 Å². The largest absolute Gasteiger partial charge is 0.456 e. The zero-order valence-corrected chi connectivity index (χ0v) is 75.4. The number of nitrogens with zero attached hydrogens (tertiary/aromatic N) is 4. The Kier molecular flexibility index (Phi) is 20.9. The van der Waals surface area contributed by atoms with Crippen molar-refractivity contribution in [2.75, 3.05) is 19.6 Å². The molecule has 0 saturated heterocycles. The zero-order valence-electron chi connectivity index (χ0n) is 75.4. The fourth-order valence-electron chi connectivity index (χ4n) is 20.6. The van der Waals surface area contributed by atoms with Gasteiger partial charge in [0.25, 0.3) is 0 Å². The van der Waals surface area contributed by atoms with E-state index in [0.29, 0.717) is 0 Å². The Morgan fingerprint density at radius 3 is 0.609 bits per heavy atom. The van der Waals surface area contributed by atoms with Crippen molar-refractivity contribution in [1.29, 1.82) is 0 Å². The van der Waals surface area contributed by atoms with Crippen molar-refractivity contribution < 1.29 is 9.47 Å². The standard InChI is InChI=1S/C72H48N2O.C60H40N2O/c1-5-16-49(17-6-1)53-28-36-57(37-29-53)73(58-38-30-54(31-39-58)50-18-7-2-8-19-50)61-44-45-64-68-47-66-62-24-13-14-25-63(62)69(48-67(66)65-26-15-27-70(72(65)68)75-71(64)46-61)74(59-40-32-55(33-41-59)51-20-9-3-10-21-51)60-42-34-56(35-43-60)52-22-11-4-12-23-52;1-5-16-41(17-6-1)43-28-32-47(33-29-43)61(45-20-9-3-10-21-45)49-36-37-52-56-39-54-50-24-13-14-25-51(50)57(40-55(54)53-26-15-27-58(60(53)56)63-59(52)38-49)62(46-22-11-4-12-23-46)48-34-30-44(31-35-48)42-18-7-2-8-19-42/h1-48H;1-40H. The molecular formula is C132H88N4O2. The van der Waals surface area contributed by atoms with Crippen LogP contribution >= 0.6 is 0 Å². The number of benzene rings is 24. The smallest absolute Gasteiger partial charge is 0.137 e. The van der Waals surface area contributed by atoms with Crippen molar-refractivity contribution in [1.82, 2.24) is 0 Å². The Morgan fingerprint density at radius 2 is 0.326 bits per heavy atom. The summed E-state index contributed by atoms with van der Waals surface area (Å²) in [7, 11) is 0. The molecule has 0 aliphatic carbocycles. The van der Waals surface area contributed by atoms with E-state index < -0.39 is 0 Å². The SMILES string of the molecule is c1ccc(-c2ccc(N(c3ccc(-c4ccccc4)cc3)c3ccc4c(c3)Oc3cccc5c3c-4cc3c4ccccc4c(N(c4ccc(-c6ccccc6)cc4)c4ccc(-c6ccccc6)cc4)cc53)cc2)cc1.c1ccc(-c2ccc(N(c3ccccc3)c3ccc4c(c3)Oc3cccc5c3c-4cc3c4ccccc4c(N(c4ccccc4)c4ccc(-c6ccccc6)cc4)cc53)cc2)cc1. The molecule has 0 N–H and O–H groups in total. The van der Waals surface area contributed by atoms with Crippen molar-refractivity contribution in [3.8, 4) is 112 Å². The van der Waals surface area contributed by atoms with Gasteiger partial charge < -0.3 is 29.1 Å². The Balaban J connectivity index is 0.000000149. The van der Waals surface area contributed by atoms with Gasteiger partial charge in [0, 0.05) is 102 Å². The first-order chi connectivity index (χ1) is 68.4. The van der Waals surface area contributed by atoms with E-state index in [4.69, 9.17) is 9.47 Å². The summed E-state index contributed by atoms with van der Waals surface area (Å²) in [4.78, 5) is 9.45. The summed E-state index contributed by atoms with van der Waals surface area (Å²) >= 11 is 0. The maximum atomic E-state index is 7.08. The number of para-hydroxylation sites is 2. The van der Waals surface area contributed by atoms with Crippen LogP contribution in [0.2, 0.25) is 0 Å². The van der Waals surface area contributed by atoms with Gasteiger partial charge in [-0.05, 0) is 279 Å². The molecule has 6 heteroatoms. The van der Waals surface area contributed by atoms with E-state index in [0.717, 1.165) is 124 Å². The number of fused-ring (bicyclic) bond motifs is 12. The minimum absolute atomic E-state index is 0.823. The predicted molar refractivity (Wildman–Crippen MR) is 580 cm³/mol. The van der Waals surface area contributed by atoms with Crippen molar-refractivity contribution in [2.24, 2.45) is 0 Å². The van der Waals surface area contributed by atoms with Crippen LogP contribution in [-0.4, -0.2) is 0 Å². The first kappa shape index (κ1) is 81.6. The van der Waals surface area contributed by atoms with E-state index in [-0.39, 0.29) is 0 Å². The third-order valence-electron chi connectivity index (χ3n) is 27.3. The van der Waals surface area contributed by atoms with E-state index in [9.17, 15) is 0 Å². The Bertz CT molecular complexity index is 8500. The number of ether oxygens (including phenoxy) is 2. The molecule has 2 aliphatic rings. The highest BCUT2D eigenvalue weighted by Gasteiger charge is 2.30. The van der Waals surface area contributed by atoms with Crippen LogP contribution < -0.4 is 29.1 Å². The van der Waals surface area contributed by atoms with Crippen LogP contribution in [-0.2, 0) is 0 Å². The van der Waals surface area contributed by atoms with Crippen LogP contribution in [0.4, 0.5) is 68.2 Å². The molecule has 648 valence electrons. The van der Waals surface area contributed by atoms with Crippen LogP contribution in [0.5, 0.6) is 23.0 Å². The number of hydrogen-bond donors (Lipinski definition) is 0. The van der Waals surface area contributed by atoms with Gasteiger partial charge in [0.15, 0.2) is 0 Å². The molecule has 0 spiro atoms. The molecule has 0 fully saturated rings. The normalized spacial score (nSPS) is 11.6. The maximum Gasteiger partial charge on any atom is 0.137 e. The second kappa shape index (κ2) is 35.3. The molecule has 0 amide bonds. The summed E-state index contributed by atoms with van der Waals surface area (Å²) in [5, 5.41) is 14.1. The summed E-state index contributed by atoms with van der Waals surface area (Å²) in [5.41, 5.74) is 31.6. The highest BCUT2D eigenvalue weighted by molar-refractivity contribution is 6.28. The molecule has 2 aliphatic heterocycles. The van der Waals surface area contributed by atoms with E-state index in [1.54, 1.807) is 0 Å². The van der Waals surface area contributed by atoms with E-state index >= 15 is 0 Å². The van der Waals surface area contributed by atoms with E-state index in [2.05, 4.69) is 553 Å². The molecule has 0 bridgehead atoms. The molecule has 0 saturated carbocycles. The molecule has 26 rings (SSSR count). The van der Waals surface area contributed by atoms with Crippen molar-refractivity contribution >= 4 is 133 Å². The molecule has 6 nitrogen and oxygen atoms in total. The predicted octanol–water partition coefficient (Wildman–Crippen LogP) is 37.7. The summed E-state index contributed by atoms with van der Waals surface area (Å²) in [6.45, 7) is 0. The molecule has 0 radical (unpaired) electrons. The lowest BCUT2D eigenvalue weighted by Crippen LogP contribution is -2.11. The molecule has 24 aromatic carbocycles. The summed E-state index contributed by atoms with van der Waals surface area (Å²) in [5.74, 6) is 3.37. The van der Waals surface area contributed by atoms with Gasteiger partial charge in [0.2, 0.25) is 0 Å². The van der Waals surface area contributed by atoms with Crippen molar-refractivity contribution in [3.05, 3.63) is 534 Å². The third kappa shape index (κ3) is 15.1. The quantitative estimate of drug-likeness (QED) is 0.0796. The summed E-state index contributed by atoms with van der Waals surface area (Å²) < 4.78 is 14.0. The maximum absolute atomic E-state index is 7.08. The van der Waals surface area contributed by atoms with Gasteiger partial charge in [-0.3, -0.25) is 0 Å². The minimum atomic E-state index is 0.823. The Morgan fingerprint density at radius 1 is 0.116 bits per heavy atom. The van der Waals surface area contributed by atoms with E-state index in [1.165, 1.54) is 121 Å². The van der Waals surface area contributed by atoms with Crippen LogP contribution in [0.25, 0.3) is 154 Å². The van der Waals surface area contributed by atoms with Gasteiger partial charge >= 0.3 is 0 Å². The fourth-order valence-corrected chi connectivity index (χ4v) is 20.6. The molecular weight excluding hydrogens is 1670 g/mol. The monoisotopic (exact) mass is 1760 g/mol. The summed E-state index contributed by atoms with van der Waals surface area (Å²) in [6, 6.07) is 192. The fraction of sp³-hybridized carbons (Fsp3) is 0. The average molecular weight is 1760 g/mol.